The van der Waals surface area contributed by atoms with E-state index in [-0.39, 0.29) is 0 Å². The van der Waals surface area contributed by atoms with Crippen molar-refractivity contribution in [2.45, 2.75) is 72.5 Å². The van der Waals surface area contributed by atoms with Crippen molar-refractivity contribution < 1.29 is 0 Å². The minimum Gasteiger partial charge on any atom is -0.291 e. The lowest BCUT2D eigenvalue weighted by molar-refractivity contribution is 0.225. The van der Waals surface area contributed by atoms with Crippen molar-refractivity contribution >= 4 is 0 Å². The van der Waals surface area contributed by atoms with E-state index >= 15 is 0 Å². The van der Waals surface area contributed by atoms with Crippen molar-refractivity contribution in [3.05, 3.63) is 22.8 Å². The van der Waals surface area contributed by atoms with Gasteiger partial charge >= 0.3 is 0 Å². The topological polar surface area (TPSA) is 29.0 Å². The highest BCUT2D eigenvalue weighted by Crippen LogP contribution is 2.30. The smallest absolute Gasteiger partial charge is 0.131 e. The van der Waals surface area contributed by atoms with E-state index in [1.54, 1.807) is 0 Å². The number of nitrogens with zero attached hydrogens (tertiary/aromatic N) is 3. The Labute approximate surface area is 111 Å². The molecule has 0 aromatic carbocycles. The standard InChI is InChI=1S/C15H25N3/c1-9(2)14-12-7-18(11(5)6)8-13(12)16-15(17-14)10(3)4/h9-11H,7-8H2,1-6H3. The van der Waals surface area contributed by atoms with Gasteiger partial charge in [-0.2, -0.15) is 0 Å². The average molecular weight is 247 g/mol. The van der Waals surface area contributed by atoms with Gasteiger partial charge in [0.1, 0.15) is 5.82 Å². The van der Waals surface area contributed by atoms with Crippen molar-refractivity contribution in [3.8, 4) is 0 Å². The third kappa shape index (κ3) is 2.41. The first-order valence-corrected chi connectivity index (χ1v) is 7.03. The summed E-state index contributed by atoms with van der Waals surface area (Å²) in [6, 6.07) is 0.571. The number of aromatic nitrogens is 2. The minimum atomic E-state index is 0.404. The summed E-state index contributed by atoms with van der Waals surface area (Å²) in [4.78, 5) is 12.0. The minimum absolute atomic E-state index is 0.404. The normalized spacial score (nSPS) is 16.1. The van der Waals surface area contributed by atoms with Crippen LogP contribution in [0.5, 0.6) is 0 Å². The van der Waals surface area contributed by atoms with Crippen molar-refractivity contribution in [1.82, 2.24) is 14.9 Å². The van der Waals surface area contributed by atoms with Crippen LogP contribution in [0.25, 0.3) is 0 Å². The highest BCUT2D eigenvalue weighted by Gasteiger charge is 2.27. The lowest BCUT2D eigenvalue weighted by Crippen LogP contribution is -2.24. The van der Waals surface area contributed by atoms with Gasteiger partial charge in [-0.05, 0) is 19.8 Å². The Kier molecular flexibility index (Phi) is 3.71. The molecule has 2 rings (SSSR count). The van der Waals surface area contributed by atoms with E-state index in [9.17, 15) is 0 Å². The predicted molar refractivity (Wildman–Crippen MR) is 74.6 cm³/mol. The molecular formula is C15H25N3. The maximum Gasteiger partial charge on any atom is 0.131 e. The highest BCUT2D eigenvalue weighted by molar-refractivity contribution is 5.32. The SMILES string of the molecule is CC(C)c1nc2c(c(C(C)C)n1)CN(C(C)C)C2. The summed E-state index contributed by atoms with van der Waals surface area (Å²) >= 11 is 0. The van der Waals surface area contributed by atoms with E-state index in [1.807, 2.05) is 0 Å². The quantitative estimate of drug-likeness (QED) is 0.819. The molecule has 0 aliphatic carbocycles. The molecule has 0 fully saturated rings. The Bertz CT molecular complexity index is 436. The molecule has 0 bridgehead atoms. The molecule has 0 atom stereocenters. The largest absolute Gasteiger partial charge is 0.291 e. The van der Waals surface area contributed by atoms with E-state index in [0.717, 1.165) is 18.9 Å². The molecule has 1 aromatic heterocycles. The first kappa shape index (κ1) is 13.5. The fourth-order valence-electron chi connectivity index (χ4n) is 2.42. The van der Waals surface area contributed by atoms with Crippen molar-refractivity contribution in [2.75, 3.05) is 0 Å². The summed E-state index contributed by atoms with van der Waals surface area (Å²) in [5.74, 6) is 1.88. The van der Waals surface area contributed by atoms with E-state index in [0.29, 0.717) is 17.9 Å². The van der Waals surface area contributed by atoms with Crippen LogP contribution in [-0.2, 0) is 13.1 Å². The second kappa shape index (κ2) is 4.96. The van der Waals surface area contributed by atoms with Crippen molar-refractivity contribution in [3.63, 3.8) is 0 Å². The molecule has 0 saturated heterocycles. The summed E-state index contributed by atoms with van der Waals surface area (Å²) < 4.78 is 0. The van der Waals surface area contributed by atoms with E-state index in [1.165, 1.54) is 17.0 Å². The molecule has 0 saturated carbocycles. The van der Waals surface area contributed by atoms with Gasteiger partial charge in [0.2, 0.25) is 0 Å². The van der Waals surface area contributed by atoms with Crippen LogP contribution < -0.4 is 0 Å². The molecule has 3 nitrogen and oxygen atoms in total. The maximum atomic E-state index is 4.80. The van der Waals surface area contributed by atoms with Crippen molar-refractivity contribution in [2.24, 2.45) is 0 Å². The van der Waals surface area contributed by atoms with Crippen LogP contribution in [0.2, 0.25) is 0 Å². The zero-order chi connectivity index (χ0) is 13.4. The second-order valence-corrected chi connectivity index (χ2v) is 6.20. The van der Waals surface area contributed by atoms with Gasteiger partial charge in [0.25, 0.3) is 0 Å². The van der Waals surface area contributed by atoms with Crippen molar-refractivity contribution in [1.29, 1.82) is 0 Å². The molecule has 1 aliphatic rings. The first-order valence-electron chi connectivity index (χ1n) is 7.03. The van der Waals surface area contributed by atoms with Gasteiger partial charge < -0.3 is 0 Å². The molecule has 1 aliphatic heterocycles. The van der Waals surface area contributed by atoms with Crippen LogP contribution in [0.4, 0.5) is 0 Å². The Morgan fingerprint density at radius 1 is 0.889 bits per heavy atom. The number of hydrogen-bond donors (Lipinski definition) is 0. The van der Waals surface area contributed by atoms with E-state index < -0.39 is 0 Å². The molecule has 2 heterocycles. The Morgan fingerprint density at radius 3 is 2.06 bits per heavy atom. The monoisotopic (exact) mass is 247 g/mol. The van der Waals surface area contributed by atoms with Gasteiger partial charge in [0.15, 0.2) is 0 Å². The molecule has 0 unspecified atom stereocenters. The van der Waals surface area contributed by atoms with E-state index in [4.69, 9.17) is 9.97 Å². The van der Waals surface area contributed by atoms with Gasteiger partial charge in [0.05, 0.1) is 11.4 Å². The second-order valence-electron chi connectivity index (χ2n) is 6.20. The van der Waals surface area contributed by atoms with Gasteiger partial charge in [-0.15, -0.1) is 0 Å². The lowest BCUT2D eigenvalue weighted by Gasteiger charge is -2.19. The molecule has 0 amide bonds. The number of fused-ring (bicyclic) bond motifs is 1. The molecule has 18 heavy (non-hydrogen) atoms. The summed E-state index contributed by atoms with van der Waals surface area (Å²) in [6.07, 6.45) is 0. The van der Waals surface area contributed by atoms with Crippen LogP contribution in [0.1, 0.15) is 76.2 Å². The van der Waals surface area contributed by atoms with Gasteiger partial charge in [-0.3, -0.25) is 4.90 Å². The van der Waals surface area contributed by atoms with E-state index in [2.05, 4.69) is 46.4 Å². The number of hydrogen-bond acceptors (Lipinski definition) is 3. The van der Waals surface area contributed by atoms with Gasteiger partial charge in [-0.25, -0.2) is 9.97 Å². The highest BCUT2D eigenvalue weighted by atomic mass is 15.2. The van der Waals surface area contributed by atoms with Gasteiger partial charge in [-0.1, -0.05) is 27.7 Å². The average Bonchev–Trinajstić information content (AvgIpc) is 2.70. The zero-order valence-electron chi connectivity index (χ0n) is 12.5. The van der Waals surface area contributed by atoms with Crippen LogP contribution in [0, 0.1) is 0 Å². The third-order valence-corrected chi connectivity index (χ3v) is 3.65. The Balaban J connectivity index is 2.44. The summed E-state index contributed by atoms with van der Waals surface area (Å²) in [6.45, 7) is 15.3. The fraction of sp³-hybridized carbons (Fsp3) is 0.733. The summed E-state index contributed by atoms with van der Waals surface area (Å²) in [5, 5.41) is 0. The molecule has 0 spiro atoms. The number of rotatable bonds is 3. The molecule has 100 valence electrons. The molecule has 0 N–H and O–H groups in total. The molecule has 0 radical (unpaired) electrons. The van der Waals surface area contributed by atoms with Gasteiger partial charge in [0, 0.05) is 30.6 Å². The molecular weight excluding hydrogens is 222 g/mol. The maximum absolute atomic E-state index is 4.80. The molecule has 1 aromatic rings. The lowest BCUT2D eigenvalue weighted by atomic mass is 10.0. The predicted octanol–water partition coefficient (Wildman–Crippen LogP) is 3.45. The first-order chi connectivity index (χ1) is 8.40. The third-order valence-electron chi connectivity index (χ3n) is 3.65. The molecule has 3 heteroatoms. The summed E-state index contributed by atoms with van der Waals surface area (Å²) in [7, 11) is 0. The zero-order valence-corrected chi connectivity index (χ0v) is 12.5. The van der Waals surface area contributed by atoms with Crippen LogP contribution in [0.15, 0.2) is 0 Å². The fourth-order valence-corrected chi connectivity index (χ4v) is 2.42. The van der Waals surface area contributed by atoms with Crippen LogP contribution >= 0.6 is 0 Å². The van der Waals surface area contributed by atoms with Crippen LogP contribution in [0.3, 0.4) is 0 Å². The Hall–Kier alpha value is -0.960. The van der Waals surface area contributed by atoms with Crippen LogP contribution in [-0.4, -0.2) is 20.9 Å². The Morgan fingerprint density at radius 2 is 1.56 bits per heavy atom. The summed E-state index contributed by atoms with van der Waals surface area (Å²) in [5.41, 5.74) is 3.89.